The highest BCUT2D eigenvalue weighted by molar-refractivity contribution is 9.10. The number of amides is 1. The molecule has 1 aromatic carbocycles. The number of nitrogens with zero attached hydrogens (tertiary/aromatic N) is 3. The molecular weight excluding hydrogens is 417 g/mol. The van der Waals surface area contributed by atoms with Crippen molar-refractivity contribution in [1.29, 1.82) is 0 Å². The van der Waals surface area contributed by atoms with Gasteiger partial charge in [-0.05, 0) is 39.7 Å². The molecule has 0 bridgehead atoms. The van der Waals surface area contributed by atoms with Crippen molar-refractivity contribution < 1.29 is 13.9 Å². The van der Waals surface area contributed by atoms with E-state index in [4.69, 9.17) is 4.74 Å². The summed E-state index contributed by atoms with van der Waals surface area (Å²) in [5.41, 5.74) is 2.09. The number of aromatic nitrogens is 4. The van der Waals surface area contributed by atoms with Crippen LogP contribution in [0.1, 0.15) is 5.56 Å². The topological polar surface area (TPSA) is 84.8 Å². The minimum Gasteiger partial charge on any atom is -0.407 e. The van der Waals surface area contributed by atoms with Crippen molar-refractivity contribution in [3.8, 4) is 5.75 Å². The van der Waals surface area contributed by atoms with Gasteiger partial charge >= 0.3 is 6.09 Å². The van der Waals surface area contributed by atoms with Gasteiger partial charge < -0.3 is 9.72 Å². The summed E-state index contributed by atoms with van der Waals surface area (Å²) in [5.74, 6) is 0.00757. The summed E-state index contributed by atoms with van der Waals surface area (Å²) in [5, 5.41) is 7.57. The summed E-state index contributed by atoms with van der Waals surface area (Å²) in [4.78, 5) is 19.3. The fourth-order valence-electron chi connectivity index (χ4n) is 2.58. The molecule has 0 aliphatic rings. The van der Waals surface area contributed by atoms with Gasteiger partial charge in [-0.15, -0.1) is 0 Å². The largest absolute Gasteiger partial charge is 0.417 e. The maximum Gasteiger partial charge on any atom is 0.417 e. The standard InChI is InChI=1S/C18H13BrFN5O2/c19-12-5-15-16(8-22-17(15)21-6-12)24-18(26)27-14-7-23-25(10-14)9-11-1-3-13(20)4-2-11/h1-8,10H,9H2,(H,21,22)(H,24,26). The molecule has 0 atom stereocenters. The molecule has 0 saturated heterocycles. The molecule has 9 heteroatoms. The van der Waals surface area contributed by atoms with Gasteiger partial charge in [-0.1, -0.05) is 12.1 Å². The lowest BCUT2D eigenvalue weighted by Gasteiger charge is -2.04. The third-order valence-electron chi connectivity index (χ3n) is 3.81. The first-order valence-corrected chi connectivity index (χ1v) is 8.74. The van der Waals surface area contributed by atoms with Crippen molar-refractivity contribution in [3.63, 3.8) is 0 Å². The van der Waals surface area contributed by atoms with Crippen LogP contribution in [0.5, 0.6) is 5.75 Å². The normalized spacial score (nSPS) is 10.9. The summed E-state index contributed by atoms with van der Waals surface area (Å²) in [7, 11) is 0. The van der Waals surface area contributed by atoms with E-state index in [9.17, 15) is 9.18 Å². The van der Waals surface area contributed by atoms with Gasteiger partial charge in [-0.2, -0.15) is 5.10 Å². The highest BCUT2D eigenvalue weighted by Crippen LogP contribution is 2.25. The quantitative estimate of drug-likeness (QED) is 0.505. The number of ether oxygens (including phenoxy) is 1. The van der Waals surface area contributed by atoms with Gasteiger partial charge in [0, 0.05) is 22.3 Å². The second kappa shape index (κ2) is 7.20. The van der Waals surface area contributed by atoms with E-state index in [1.165, 1.54) is 18.3 Å². The number of aromatic amines is 1. The van der Waals surface area contributed by atoms with Crippen molar-refractivity contribution in [2.24, 2.45) is 0 Å². The molecule has 4 rings (SSSR count). The lowest BCUT2D eigenvalue weighted by atomic mass is 10.2. The Labute approximate surface area is 161 Å². The van der Waals surface area contributed by atoms with Gasteiger partial charge in [0.1, 0.15) is 11.5 Å². The number of fused-ring (bicyclic) bond motifs is 1. The molecule has 0 saturated carbocycles. The van der Waals surface area contributed by atoms with E-state index in [2.05, 4.69) is 36.3 Å². The Balaban J connectivity index is 1.41. The molecule has 3 aromatic heterocycles. The zero-order valence-corrected chi connectivity index (χ0v) is 15.4. The van der Waals surface area contributed by atoms with Crippen LogP contribution in [0.15, 0.2) is 59.6 Å². The molecule has 7 nitrogen and oxygen atoms in total. The number of hydrogen-bond acceptors (Lipinski definition) is 4. The second-order valence-corrected chi connectivity index (χ2v) is 6.68. The van der Waals surface area contributed by atoms with E-state index in [1.807, 2.05) is 6.07 Å². The molecule has 2 N–H and O–H groups in total. The number of carbonyl (C=O) groups excluding carboxylic acids is 1. The minimum atomic E-state index is -0.641. The van der Waals surface area contributed by atoms with Gasteiger partial charge in [0.15, 0.2) is 5.75 Å². The van der Waals surface area contributed by atoms with Gasteiger partial charge in [0.05, 0.1) is 24.6 Å². The maximum absolute atomic E-state index is 13.0. The SMILES string of the molecule is O=C(Nc1c[nH]c2ncc(Br)cc12)Oc1cnn(Cc2ccc(F)cc2)c1. The lowest BCUT2D eigenvalue weighted by Crippen LogP contribution is -2.16. The Bertz CT molecular complexity index is 1110. The van der Waals surface area contributed by atoms with Crippen LogP contribution in [0, 0.1) is 5.82 Å². The fourth-order valence-corrected chi connectivity index (χ4v) is 2.92. The molecule has 4 aromatic rings. The average molecular weight is 430 g/mol. The van der Waals surface area contributed by atoms with Gasteiger partial charge in [0.25, 0.3) is 0 Å². The number of hydrogen-bond donors (Lipinski definition) is 2. The third kappa shape index (κ3) is 3.98. The molecule has 3 heterocycles. The number of nitrogens with one attached hydrogen (secondary N) is 2. The van der Waals surface area contributed by atoms with E-state index in [-0.39, 0.29) is 5.82 Å². The van der Waals surface area contributed by atoms with Gasteiger partial charge in [0.2, 0.25) is 0 Å². The summed E-state index contributed by atoms with van der Waals surface area (Å²) >= 11 is 3.35. The van der Waals surface area contributed by atoms with E-state index >= 15 is 0 Å². The fraction of sp³-hybridized carbons (Fsp3) is 0.0556. The smallest absolute Gasteiger partial charge is 0.407 e. The van der Waals surface area contributed by atoms with Gasteiger partial charge in [-0.3, -0.25) is 10.00 Å². The van der Waals surface area contributed by atoms with Crippen molar-refractivity contribution in [2.75, 3.05) is 5.32 Å². The van der Waals surface area contributed by atoms with E-state index < -0.39 is 6.09 Å². The first kappa shape index (κ1) is 17.2. The number of benzene rings is 1. The number of pyridine rings is 1. The number of halogens is 2. The Kier molecular flexibility index (Phi) is 4.59. The highest BCUT2D eigenvalue weighted by atomic mass is 79.9. The monoisotopic (exact) mass is 429 g/mol. The van der Waals surface area contributed by atoms with Crippen molar-refractivity contribution in [1.82, 2.24) is 19.7 Å². The van der Waals surface area contributed by atoms with Crippen molar-refractivity contribution in [2.45, 2.75) is 6.54 Å². The maximum atomic E-state index is 13.0. The van der Waals surface area contributed by atoms with E-state index in [0.29, 0.717) is 23.6 Å². The predicted octanol–water partition coefficient (Wildman–Crippen LogP) is 4.32. The van der Waals surface area contributed by atoms with E-state index in [0.717, 1.165) is 15.4 Å². The van der Waals surface area contributed by atoms with Crippen LogP contribution in [0.2, 0.25) is 0 Å². The Morgan fingerprint density at radius 1 is 1.30 bits per heavy atom. The lowest BCUT2D eigenvalue weighted by molar-refractivity contribution is 0.215. The molecule has 0 aliphatic heterocycles. The van der Waals surface area contributed by atoms with Crippen LogP contribution in [-0.4, -0.2) is 25.8 Å². The first-order valence-electron chi connectivity index (χ1n) is 7.95. The molecule has 136 valence electrons. The summed E-state index contributed by atoms with van der Waals surface area (Å²) in [6.07, 6.45) is 5.70. The molecule has 0 radical (unpaired) electrons. The van der Waals surface area contributed by atoms with Crippen LogP contribution in [0.3, 0.4) is 0 Å². The Hall–Kier alpha value is -3.20. The third-order valence-corrected chi connectivity index (χ3v) is 4.25. The molecule has 0 fully saturated rings. The molecule has 1 amide bonds. The molecule has 0 spiro atoms. The van der Waals surface area contributed by atoms with Gasteiger partial charge in [-0.25, -0.2) is 14.2 Å². The average Bonchev–Trinajstić information content (AvgIpc) is 3.24. The first-order chi connectivity index (χ1) is 13.1. The number of H-pyrrole nitrogens is 1. The molecule has 0 aliphatic carbocycles. The van der Waals surface area contributed by atoms with Crippen LogP contribution in [0.4, 0.5) is 14.9 Å². The number of anilines is 1. The minimum absolute atomic E-state index is 0.292. The van der Waals surface area contributed by atoms with Crippen LogP contribution in [0.25, 0.3) is 11.0 Å². The molecular formula is C18H13BrFN5O2. The molecule has 27 heavy (non-hydrogen) atoms. The summed E-state index contributed by atoms with van der Waals surface area (Å²) in [6, 6.07) is 7.96. The van der Waals surface area contributed by atoms with Crippen LogP contribution < -0.4 is 10.1 Å². The highest BCUT2D eigenvalue weighted by Gasteiger charge is 2.12. The summed E-state index contributed by atoms with van der Waals surface area (Å²) in [6.45, 7) is 0.438. The number of rotatable bonds is 4. The van der Waals surface area contributed by atoms with E-state index in [1.54, 1.807) is 35.4 Å². The zero-order chi connectivity index (χ0) is 18.8. The summed E-state index contributed by atoms with van der Waals surface area (Å²) < 4.78 is 20.6. The Morgan fingerprint density at radius 3 is 2.93 bits per heavy atom. The number of carbonyl (C=O) groups is 1. The van der Waals surface area contributed by atoms with Crippen molar-refractivity contribution in [3.05, 3.63) is 71.0 Å². The second-order valence-electron chi connectivity index (χ2n) is 5.77. The predicted molar refractivity (Wildman–Crippen MR) is 101 cm³/mol. The molecule has 0 unspecified atom stereocenters. The van der Waals surface area contributed by atoms with Crippen LogP contribution >= 0.6 is 15.9 Å². The van der Waals surface area contributed by atoms with Crippen molar-refractivity contribution >= 4 is 38.7 Å². The Morgan fingerprint density at radius 2 is 2.11 bits per heavy atom. The van der Waals surface area contributed by atoms with Crippen LogP contribution in [-0.2, 0) is 6.54 Å². The zero-order valence-electron chi connectivity index (χ0n) is 13.8.